The summed E-state index contributed by atoms with van der Waals surface area (Å²) in [5.74, 6) is 0. The zero-order valence-electron chi connectivity index (χ0n) is 9.24. The van der Waals surface area contributed by atoms with Gasteiger partial charge in [0.15, 0.2) is 0 Å². The number of alkyl halides is 1. The molecule has 3 fully saturated rings. The van der Waals surface area contributed by atoms with Gasteiger partial charge in [0.2, 0.25) is 0 Å². The Morgan fingerprint density at radius 3 is 2.40 bits per heavy atom. The van der Waals surface area contributed by atoms with Crippen LogP contribution in [-0.4, -0.2) is 56.2 Å². The Morgan fingerprint density at radius 1 is 1.27 bits per heavy atom. The van der Waals surface area contributed by atoms with Crippen LogP contribution in [0.5, 0.6) is 0 Å². The van der Waals surface area contributed by atoms with Crippen molar-refractivity contribution in [3.63, 3.8) is 0 Å². The maximum absolute atomic E-state index is 6.01. The highest BCUT2D eigenvalue weighted by molar-refractivity contribution is 14.1. The highest BCUT2D eigenvalue weighted by atomic mass is 127. The summed E-state index contributed by atoms with van der Waals surface area (Å²) in [5.41, 5.74) is 0. The van der Waals surface area contributed by atoms with Crippen LogP contribution in [0.3, 0.4) is 0 Å². The zero-order valence-corrected chi connectivity index (χ0v) is 12.4. The molecular weight excluding hydrogens is 325 g/mol. The molecule has 3 rings (SSSR count). The molecule has 0 amide bonds. The Bertz CT molecular complexity index is 217. The number of fused-ring (bicyclic) bond motifs is 6. The number of rotatable bonds is 1. The summed E-state index contributed by atoms with van der Waals surface area (Å²) in [6.45, 7) is 7.97. The second-order valence-corrected chi connectivity index (χ2v) is 8.96. The molecule has 0 aromatic heterocycles. The molecule has 2 atom stereocenters. The van der Waals surface area contributed by atoms with Crippen molar-refractivity contribution in [2.75, 3.05) is 30.3 Å². The Hall–Kier alpha value is 0.787. The summed E-state index contributed by atoms with van der Waals surface area (Å²) in [5, 5.41) is 0. The molecule has 3 aliphatic heterocycles. The molecule has 0 aromatic rings. The average molecular weight is 343 g/mol. The Morgan fingerprint density at radius 2 is 1.87 bits per heavy atom. The molecule has 2 bridgehead atoms. The van der Waals surface area contributed by atoms with Crippen molar-refractivity contribution in [1.82, 2.24) is 4.90 Å². The van der Waals surface area contributed by atoms with Crippen molar-refractivity contribution >= 4 is 31.4 Å². The van der Waals surface area contributed by atoms with E-state index in [0.29, 0.717) is 0 Å². The largest absolute Gasteiger partial charge is 0.511 e. The molecule has 0 aliphatic carbocycles. The summed E-state index contributed by atoms with van der Waals surface area (Å²) in [6, 6.07) is 0. The summed E-state index contributed by atoms with van der Waals surface area (Å²) in [6.07, 6.45) is 0.443. The van der Waals surface area contributed by atoms with Crippen LogP contribution in [-0.2, 0) is 13.3 Å². The predicted octanol–water partition coefficient (Wildman–Crippen LogP) is 1.06. The monoisotopic (exact) mass is 343 g/mol. The van der Waals surface area contributed by atoms with Gasteiger partial charge in [-0.15, -0.1) is 0 Å². The van der Waals surface area contributed by atoms with Crippen molar-refractivity contribution in [3.8, 4) is 0 Å². The molecule has 3 heterocycles. The van der Waals surface area contributed by atoms with Gasteiger partial charge in [0, 0.05) is 19.6 Å². The topological polar surface area (TPSA) is 30.9 Å². The van der Waals surface area contributed by atoms with E-state index in [9.17, 15) is 0 Å². The zero-order chi connectivity index (χ0) is 10.9. The lowest BCUT2D eigenvalue weighted by Gasteiger charge is -2.42. The molecule has 0 spiro atoms. The second-order valence-electron chi connectivity index (χ2n) is 4.28. The van der Waals surface area contributed by atoms with E-state index in [4.69, 9.17) is 13.3 Å². The van der Waals surface area contributed by atoms with Crippen molar-refractivity contribution < 1.29 is 13.3 Å². The molecule has 88 valence electrons. The highest BCUT2D eigenvalue weighted by Gasteiger charge is 2.46. The minimum atomic E-state index is -2.37. The fraction of sp³-hybridized carbons (Fsp3) is 1.00. The first kappa shape index (κ1) is 12.2. The van der Waals surface area contributed by atoms with Crippen LogP contribution in [0.25, 0.3) is 0 Å². The van der Waals surface area contributed by atoms with Gasteiger partial charge in [-0.3, -0.25) is 4.90 Å². The third kappa shape index (κ3) is 2.92. The molecule has 2 unspecified atom stereocenters. The predicted molar refractivity (Wildman–Crippen MR) is 68.1 cm³/mol. The molecule has 3 aliphatic rings. The number of hydrogen-bond acceptors (Lipinski definition) is 4. The molecule has 0 saturated carbocycles. The lowest BCUT2D eigenvalue weighted by molar-refractivity contribution is -0.0548. The summed E-state index contributed by atoms with van der Waals surface area (Å²) in [7, 11) is -2.37. The number of hydrogen-bond donors (Lipinski definition) is 0. The van der Waals surface area contributed by atoms with Crippen LogP contribution < -0.4 is 0 Å². The molecule has 0 radical (unpaired) electrons. The van der Waals surface area contributed by atoms with E-state index in [1.165, 1.54) is 0 Å². The highest BCUT2D eigenvalue weighted by Crippen LogP contribution is 2.23. The minimum Gasteiger partial charge on any atom is -0.372 e. The molecule has 0 aromatic carbocycles. The van der Waals surface area contributed by atoms with Gasteiger partial charge in [-0.05, 0) is 13.8 Å². The van der Waals surface area contributed by atoms with Gasteiger partial charge >= 0.3 is 8.80 Å². The quantitative estimate of drug-likeness (QED) is 0.405. The van der Waals surface area contributed by atoms with E-state index in [2.05, 4.69) is 41.3 Å². The first-order chi connectivity index (χ1) is 7.13. The van der Waals surface area contributed by atoms with Crippen molar-refractivity contribution in [2.45, 2.75) is 26.1 Å². The summed E-state index contributed by atoms with van der Waals surface area (Å²) >= 11 is 2.32. The fourth-order valence-corrected chi connectivity index (χ4v) is 6.11. The maximum Gasteiger partial charge on any atom is 0.511 e. The van der Waals surface area contributed by atoms with Gasteiger partial charge in [-0.25, -0.2) is 0 Å². The van der Waals surface area contributed by atoms with Gasteiger partial charge in [-0.2, -0.15) is 0 Å². The van der Waals surface area contributed by atoms with Crippen LogP contribution in [0.2, 0.25) is 0 Å². The van der Waals surface area contributed by atoms with Crippen molar-refractivity contribution in [2.24, 2.45) is 0 Å². The van der Waals surface area contributed by atoms with Gasteiger partial charge < -0.3 is 13.3 Å². The Labute approximate surface area is 106 Å². The molecular formula is C9H18INO3Si. The van der Waals surface area contributed by atoms with Crippen LogP contribution in [0.4, 0.5) is 0 Å². The first-order valence-corrected chi connectivity index (χ1v) is 8.87. The van der Waals surface area contributed by atoms with Gasteiger partial charge in [0.05, 0.1) is 22.9 Å². The van der Waals surface area contributed by atoms with E-state index in [1.807, 2.05) is 0 Å². The van der Waals surface area contributed by atoms with Gasteiger partial charge in [0.1, 0.15) is 0 Å². The van der Waals surface area contributed by atoms with Crippen LogP contribution in [0.1, 0.15) is 13.8 Å². The van der Waals surface area contributed by atoms with E-state index in [0.717, 1.165) is 30.3 Å². The van der Waals surface area contributed by atoms with E-state index in [-0.39, 0.29) is 12.2 Å². The lowest BCUT2D eigenvalue weighted by Crippen LogP contribution is -2.60. The maximum atomic E-state index is 6.01. The standard InChI is InChI=1S/C9H18INO3Si/c1-8-5-11-3-4-12-15(7-10,13-8)14-9(2)6-11/h8-9H,3-7H2,1-2H3. The van der Waals surface area contributed by atoms with Crippen LogP contribution in [0.15, 0.2) is 0 Å². The minimum absolute atomic E-state index is 0.222. The summed E-state index contributed by atoms with van der Waals surface area (Å²) in [4.78, 5) is 2.36. The van der Waals surface area contributed by atoms with E-state index >= 15 is 0 Å². The molecule has 4 nitrogen and oxygen atoms in total. The number of nitrogens with zero attached hydrogens (tertiary/aromatic N) is 1. The third-order valence-electron chi connectivity index (χ3n) is 2.69. The van der Waals surface area contributed by atoms with E-state index in [1.54, 1.807) is 0 Å². The fourth-order valence-electron chi connectivity index (χ4n) is 2.20. The van der Waals surface area contributed by atoms with Gasteiger partial charge in [0.25, 0.3) is 0 Å². The van der Waals surface area contributed by atoms with Gasteiger partial charge in [-0.1, -0.05) is 22.6 Å². The molecule has 0 N–H and O–H groups in total. The summed E-state index contributed by atoms with van der Waals surface area (Å²) < 4.78 is 18.8. The van der Waals surface area contributed by atoms with Crippen molar-refractivity contribution in [3.05, 3.63) is 0 Å². The smallest absolute Gasteiger partial charge is 0.372 e. The lowest BCUT2D eigenvalue weighted by atomic mass is 10.3. The average Bonchev–Trinajstić information content (AvgIpc) is 2.10. The Balaban J connectivity index is 2.18. The molecule has 15 heavy (non-hydrogen) atoms. The SMILES string of the molecule is CC1CN2CCO[Si](CI)(O1)OC(C)C2. The second kappa shape index (κ2) is 4.97. The third-order valence-corrected chi connectivity index (χ3v) is 7.98. The molecule has 6 heteroatoms. The Kier molecular flexibility index (Phi) is 4.06. The van der Waals surface area contributed by atoms with Crippen LogP contribution in [0, 0.1) is 0 Å². The first-order valence-electron chi connectivity index (χ1n) is 5.41. The van der Waals surface area contributed by atoms with Crippen molar-refractivity contribution in [1.29, 1.82) is 0 Å². The number of halogens is 1. The molecule has 3 saturated heterocycles. The van der Waals surface area contributed by atoms with E-state index < -0.39 is 8.80 Å². The normalized spacial score (nSPS) is 47.0. The van der Waals surface area contributed by atoms with Crippen LogP contribution >= 0.6 is 22.6 Å².